The Bertz CT molecular complexity index is 1180. The minimum absolute atomic E-state index is 0.00428. The number of nitrogens with zero attached hydrogens (tertiary/aromatic N) is 2. The van der Waals surface area contributed by atoms with Crippen molar-refractivity contribution in [3.8, 4) is 0 Å². The summed E-state index contributed by atoms with van der Waals surface area (Å²) in [7, 11) is 0. The summed E-state index contributed by atoms with van der Waals surface area (Å²) in [5, 5.41) is 1.14. The predicted molar refractivity (Wildman–Crippen MR) is 123 cm³/mol. The lowest BCUT2D eigenvalue weighted by Gasteiger charge is -2.44. The fourth-order valence-corrected chi connectivity index (χ4v) is 5.47. The molecule has 0 saturated carbocycles. The number of para-hydroxylation sites is 2. The molecular weight excluding hydrogens is 386 g/mol. The second kappa shape index (κ2) is 7.26. The van der Waals surface area contributed by atoms with Gasteiger partial charge in [0.05, 0.1) is 11.4 Å². The van der Waals surface area contributed by atoms with Gasteiger partial charge in [-0.05, 0) is 44.4 Å². The maximum Gasteiger partial charge on any atom is 0.264 e. The van der Waals surface area contributed by atoms with Crippen molar-refractivity contribution < 1.29 is 9.59 Å². The highest BCUT2D eigenvalue weighted by Gasteiger charge is 2.60. The third kappa shape index (κ3) is 2.62. The Balaban J connectivity index is 1.82. The van der Waals surface area contributed by atoms with E-state index in [1.807, 2.05) is 60.0 Å². The summed E-state index contributed by atoms with van der Waals surface area (Å²) in [6, 6.07) is 16.2. The number of rotatable bonds is 4. The molecule has 2 aliphatic heterocycles. The monoisotopic (exact) mass is 415 g/mol. The number of hydrogen-bond acceptors (Lipinski definition) is 2. The largest absolute Gasteiger partial charge is 0.355 e. The van der Waals surface area contributed by atoms with E-state index in [1.54, 1.807) is 0 Å². The number of benzene rings is 2. The van der Waals surface area contributed by atoms with Crippen LogP contribution in [0.25, 0.3) is 10.9 Å². The summed E-state index contributed by atoms with van der Waals surface area (Å²) >= 11 is 0. The van der Waals surface area contributed by atoms with Crippen LogP contribution in [0.1, 0.15) is 56.9 Å². The van der Waals surface area contributed by atoms with E-state index in [9.17, 15) is 9.59 Å². The highest BCUT2D eigenvalue weighted by Crippen LogP contribution is 2.52. The maximum atomic E-state index is 14.3. The van der Waals surface area contributed by atoms with Crippen molar-refractivity contribution in [1.82, 2.24) is 9.88 Å². The molecule has 2 amide bonds. The molecule has 5 heteroatoms. The first kappa shape index (κ1) is 19.9. The van der Waals surface area contributed by atoms with Gasteiger partial charge in [0.25, 0.3) is 5.91 Å². The van der Waals surface area contributed by atoms with Crippen LogP contribution in [-0.2, 0) is 21.5 Å². The quantitative estimate of drug-likeness (QED) is 0.669. The van der Waals surface area contributed by atoms with E-state index >= 15 is 0 Å². The average Bonchev–Trinajstić information content (AvgIpc) is 3.27. The molecule has 0 saturated heterocycles. The van der Waals surface area contributed by atoms with E-state index in [1.165, 1.54) is 0 Å². The Morgan fingerprint density at radius 1 is 1.13 bits per heavy atom. The molecule has 2 aliphatic rings. The Labute approximate surface area is 183 Å². The zero-order valence-electron chi connectivity index (χ0n) is 18.4. The van der Waals surface area contributed by atoms with Crippen molar-refractivity contribution in [2.24, 2.45) is 0 Å². The van der Waals surface area contributed by atoms with Crippen LogP contribution in [0.2, 0.25) is 0 Å². The summed E-state index contributed by atoms with van der Waals surface area (Å²) in [6.07, 6.45) is 2.99. The Kier molecular flexibility index (Phi) is 4.65. The highest BCUT2D eigenvalue weighted by atomic mass is 16.2. The van der Waals surface area contributed by atoms with Gasteiger partial charge >= 0.3 is 0 Å². The first-order valence-corrected chi connectivity index (χ1v) is 11.4. The third-order valence-electron chi connectivity index (χ3n) is 6.81. The molecule has 1 aromatic heterocycles. The first-order chi connectivity index (χ1) is 15.0. The fraction of sp³-hybridized carbons (Fsp3) is 0.385. The van der Waals surface area contributed by atoms with Crippen molar-refractivity contribution in [3.63, 3.8) is 0 Å². The van der Waals surface area contributed by atoms with Crippen LogP contribution in [0.5, 0.6) is 0 Å². The number of anilines is 1. The molecule has 2 aromatic carbocycles. The number of amides is 2. The molecule has 1 atom stereocenters. The lowest BCUT2D eigenvalue weighted by molar-refractivity contribution is -0.145. The Hall–Kier alpha value is -3.08. The van der Waals surface area contributed by atoms with Gasteiger partial charge in [0, 0.05) is 35.5 Å². The molecule has 3 heterocycles. The number of fused-ring (bicyclic) bond motifs is 6. The average molecular weight is 416 g/mol. The summed E-state index contributed by atoms with van der Waals surface area (Å²) in [4.78, 5) is 35.2. The molecular formula is C26H29N3O2. The number of carbonyl (C=O) groups excluding carboxylic acids is 2. The summed E-state index contributed by atoms with van der Waals surface area (Å²) < 4.78 is 0. The van der Waals surface area contributed by atoms with Crippen molar-refractivity contribution in [1.29, 1.82) is 0 Å². The van der Waals surface area contributed by atoms with Gasteiger partial charge < -0.3 is 14.8 Å². The molecule has 5 nitrogen and oxygen atoms in total. The zero-order valence-corrected chi connectivity index (χ0v) is 18.4. The third-order valence-corrected chi connectivity index (χ3v) is 6.81. The van der Waals surface area contributed by atoms with E-state index in [2.05, 4.69) is 24.0 Å². The van der Waals surface area contributed by atoms with E-state index in [0.717, 1.165) is 52.7 Å². The summed E-state index contributed by atoms with van der Waals surface area (Å²) in [6.45, 7) is 6.70. The van der Waals surface area contributed by atoms with E-state index in [-0.39, 0.29) is 17.9 Å². The molecule has 0 bridgehead atoms. The van der Waals surface area contributed by atoms with E-state index in [0.29, 0.717) is 13.0 Å². The topological polar surface area (TPSA) is 56.4 Å². The fourth-order valence-electron chi connectivity index (χ4n) is 5.47. The molecule has 0 unspecified atom stereocenters. The van der Waals surface area contributed by atoms with E-state index in [4.69, 9.17) is 0 Å². The van der Waals surface area contributed by atoms with Gasteiger partial charge in [0.1, 0.15) is 0 Å². The van der Waals surface area contributed by atoms with Crippen molar-refractivity contribution in [2.75, 3.05) is 11.4 Å². The molecule has 1 spiro atoms. The van der Waals surface area contributed by atoms with Crippen LogP contribution < -0.4 is 4.90 Å². The summed E-state index contributed by atoms with van der Waals surface area (Å²) in [5.74, 6) is 0.0287. The number of hydrogen-bond donors (Lipinski definition) is 1. The number of nitrogens with one attached hydrogen (secondary N) is 1. The zero-order chi connectivity index (χ0) is 21.8. The lowest BCUT2D eigenvalue weighted by atomic mass is 9.79. The van der Waals surface area contributed by atoms with Gasteiger partial charge in [-0.2, -0.15) is 0 Å². The smallest absolute Gasteiger partial charge is 0.264 e. The van der Waals surface area contributed by atoms with Gasteiger partial charge in [-0.3, -0.25) is 9.59 Å². The standard InChI is InChI=1S/C26H29N3O2/c1-4-5-14-23(30)28-16-15-19-18-10-6-8-12-21(18)27-24(19)26(28)20-11-7-9-13-22(20)29(17(2)3)25(26)31/h6-13,17,27H,4-5,14-16H2,1-3H3/t26-/m1/s1. The second-order valence-corrected chi connectivity index (χ2v) is 8.92. The van der Waals surface area contributed by atoms with Crippen molar-refractivity contribution >= 4 is 28.4 Å². The van der Waals surface area contributed by atoms with Crippen LogP contribution in [-0.4, -0.2) is 34.3 Å². The number of aromatic nitrogens is 1. The number of aromatic amines is 1. The Morgan fingerprint density at radius 3 is 2.65 bits per heavy atom. The first-order valence-electron chi connectivity index (χ1n) is 11.4. The molecule has 160 valence electrons. The number of unbranched alkanes of at least 4 members (excludes halogenated alkanes) is 1. The predicted octanol–water partition coefficient (Wildman–Crippen LogP) is 4.74. The molecule has 0 fully saturated rings. The molecule has 31 heavy (non-hydrogen) atoms. The second-order valence-electron chi connectivity index (χ2n) is 8.92. The number of carbonyl (C=O) groups is 2. The van der Waals surface area contributed by atoms with Gasteiger partial charge in [-0.15, -0.1) is 0 Å². The highest BCUT2D eigenvalue weighted by molar-refractivity contribution is 6.13. The molecule has 1 N–H and O–H groups in total. The molecule has 5 rings (SSSR count). The Morgan fingerprint density at radius 2 is 1.87 bits per heavy atom. The minimum atomic E-state index is -1.13. The van der Waals surface area contributed by atoms with Crippen LogP contribution in [0, 0.1) is 0 Å². The lowest BCUT2D eigenvalue weighted by Crippen LogP contribution is -2.59. The number of H-pyrrole nitrogens is 1. The SMILES string of the molecule is CCCCC(=O)N1CCc2c([nH]c3ccccc23)[C@]12C(=O)N(C(C)C)c1ccccc12. The van der Waals surface area contributed by atoms with Crippen LogP contribution >= 0.6 is 0 Å². The van der Waals surface area contributed by atoms with Crippen LogP contribution in [0.4, 0.5) is 5.69 Å². The normalized spacial score (nSPS) is 20.1. The molecule has 3 aromatic rings. The van der Waals surface area contributed by atoms with Gasteiger partial charge in [-0.25, -0.2) is 0 Å². The van der Waals surface area contributed by atoms with Crippen molar-refractivity contribution in [3.05, 3.63) is 65.4 Å². The molecule has 0 radical (unpaired) electrons. The summed E-state index contributed by atoms with van der Waals surface area (Å²) in [5.41, 5.74) is 3.73. The van der Waals surface area contributed by atoms with Gasteiger partial charge in [0.15, 0.2) is 5.54 Å². The molecule has 0 aliphatic carbocycles. The maximum absolute atomic E-state index is 14.3. The van der Waals surface area contributed by atoms with Crippen LogP contribution in [0.3, 0.4) is 0 Å². The van der Waals surface area contributed by atoms with Crippen LogP contribution in [0.15, 0.2) is 48.5 Å². The minimum Gasteiger partial charge on any atom is -0.355 e. The van der Waals surface area contributed by atoms with E-state index < -0.39 is 5.54 Å². The van der Waals surface area contributed by atoms with Gasteiger partial charge in [0.2, 0.25) is 5.91 Å². The van der Waals surface area contributed by atoms with Crippen molar-refractivity contribution in [2.45, 2.75) is 58.0 Å². The van der Waals surface area contributed by atoms with Gasteiger partial charge in [-0.1, -0.05) is 49.7 Å².